The number of urea groups is 1. The highest BCUT2D eigenvalue weighted by Crippen LogP contribution is 2.35. The molecule has 0 fully saturated rings. The summed E-state index contributed by atoms with van der Waals surface area (Å²) in [6, 6.07) is 11.6. The molecule has 28 heavy (non-hydrogen) atoms. The molecular formula is C23H22ClN3O. The van der Waals surface area contributed by atoms with Crippen LogP contribution in [-0.2, 0) is 6.42 Å². The molecule has 2 amide bonds. The van der Waals surface area contributed by atoms with E-state index in [4.69, 9.17) is 11.6 Å². The Morgan fingerprint density at radius 2 is 1.93 bits per heavy atom. The van der Waals surface area contributed by atoms with E-state index >= 15 is 0 Å². The van der Waals surface area contributed by atoms with Gasteiger partial charge in [-0.15, -0.1) is 0 Å². The van der Waals surface area contributed by atoms with Crippen LogP contribution in [0.3, 0.4) is 0 Å². The molecule has 0 spiro atoms. The van der Waals surface area contributed by atoms with Crippen molar-refractivity contribution in [1.29, 1.82) is 0 Å². The van der Waals surface area contributed by atoms with E-state index in [1.807, 2.05) is 49.5 Å². The Hall–Kier alpha value is -2.85. The summed E-state index contributed by atoms with van der Waals surface area (Å²) in [5.74, 6) is 0. The number of anilines is 2. The molecule has 0 bridgehead atoms. The molecule has 0 saturated heterocycles. The van der Waals surface area contributed by atoms with Crippen molar-refractivity contribution >= 4 is 29.0 Å². The van der Waals surface area contributed by atoms with Gasteiger partial charge >= 0.3 is 6.03 Å². The predicted molar refractivity (Wildman–Crippen MR) is 115 cm³/mol. The van der Waals surface area contributed by atoms with Crippen molar-refractivity contribution in [3.63, 3.8) is 0 Å². The first kappa shape index (κ1) is 18.5. The van der Waals surface area contributed by atoms with Crippen LogP contribution >= 0.6 is 11.6 Å². The molecule has 0 aliphatic carbocycles. The summed E-state index contributed by atoms with van der Waals surface area (Å²) in [6.45, 7) is 6.85. The summed E-state index contributed by atoms with van der Waals surface area (Å²) in [5.41, 5.74) is 8.40. The molecule has 142 valence electrons. The topological polar surface area (TPSA) is 45.2 Å². The number of carbonyl (C=O) groups excluding carboxylic acids is 1. The minimum Gasteiger partial charge on any atom is -0.307 e. The Bertz CT molecular complexity index is 1080. The molecular weight excluding hydrogens is 370 g/mol. The summed E-state index contributed by atoms with van der Waals surface area (Å²) in [7, 11) is 0. The first-order valence-electron chi connectivity index (χ1n) is 9.34. The van der Waals surface area contributed by atoms with E-state index < -0.39 is 0 Å². The molecule has 0 radical (unpaired) electrons. The number of hydrogen-bond donors (Lipinski definition) is 1. The SMILES string of the molecule is Cc1ccncc1-c1c(C)ccc(NC(=O)N2CCc3ccc(Cl)cc32)c1C. The summed E-state index contributed by atoms with van der Waals surface area (Å²) >= 11 is 6.14. The van der Waals surface area contributed by atoms with E-state index in [0.717, 1.165) is 51.2 Å². The first-order chi connectivity index (χ1) is 13.5. The number of nitrogens with one attached hydrogen (secondary N) is 1. The van der Waals surface area contributed by atoms with Crippen LogP contribution in [0.1, 0.15) is 22.3 Å². The molecule has 1 aliphatic heterocycles. The standard InChI is InChI=1S/C23H22ClN3O/c1-14-8-10-25-13-19(14)22-15(2)4-7-20(16(22)3)26-23(28)27-11-9-17-5-6-18(24)12-21(17)27/h4-8,10,12-13H,9,11H2,1-3H3,(H,26,28). The number of aryl methyl sites for hydroxylation is 2. The Kier molecular flexibility index (Phi) is 4.82. The lowest BCUT2D eigenvalue weighted by molar-refractivity contribution is 0.257. The normalized spacial score (nSPS) is 12.8. The fourth-order valence-electron chi connectivity index (χ4n) is 3.87. The fourth-order valence-corrected chi connectivity index (χ4v) is 4.03. The minimum absolute atomic E-state index is 0.137. The molecule has 0 unspecified atom stereocenters. The summed E-state index contributed by atoms with van der Waals surface area (Å²) in [5, 5.41) is 3.73. The van der Waals surface area contributed by atoms with Crippen molar-refractivity contribution in [3.8, 4) is 11.1 Å². The summed E-state index contributed by atoms with van der Waals surface area (Å²) in [6.07, 6.45) is 4.52. The minimum atomic E-state index is -0.137. The quantitative estimate of drug-likeness (QED) is 0.589. The molecule has 4 rings (SSSR count). The lowest BCUT2D eigenvalue weighted by atomic mass is 9.93. The molecule has 2 aromatic carbocycles. The zero-order valence-electron chi connectivity index (χ0n) is 16.2. The van der Waals surface area contributed by atoms with E-state index in [-0.39, 0.29) is 6.03 Å². The van der Waals surface area contributed by atoms with E-state index in [9.17, 15) is 4.79 Å². The molecule has 0 saturated carbocycles. The van der Waals surface area contributed by atoms with E-state index in [1.165, 1.54) is 0 Å². The number of aromatic nitrogens is 1. The molecule has 1 aromatic heterocycles. The van der Waals surface area contributed by atoms with Gasteiger partial charge in [0, 0.05) is 35.2 Å². The van der Waals surface area contributed by atoms with Gasteiger partial charge in [-0.25, -0.2) is 4.79 Å². The second-order valence-corrected chi connectivity index (χ2v) is 7.66. The second kappa shape index (κ2) is 7.28. The third-order valence-electron chi connectivity index (χ3n) is 5.41. The Balaban J connectivity index is 1.67. The van der Waals surface area contributed by atoms with E-state index in [2.05, 4.69) is 24.1 Å². The number of hydrogen-bond acceptors (Lipinski definition) is 2. The molecule has 1 aliphatic rings. The van der Waals surface area contributed by atoms with Gasteiger partial charge in [0.2, 0.25) is 0 Å². The van der Waals surface area contributed by atoms with Gasteiger partial charge in [-0.3, -0.25) is 9.88 Å². The van der Waals surface area contributed by atoms with Crippen LogP contribution in [-0.4, -0.2) is 17.6 Å². The summed E-state index contributed by atoms with van der Waals surface area (Å²) in [4.78, 5) is 19.0. The van der Waals surface area contributed by atoms with Gasteiger partial charge in [0.25, 0.3) is 0 Å². The van der Waals surface area contributed by atoms with Crippen LogP contribution in [0.2, 0.25) is 5.02 Å². The van der Waals surface area contributed by atoms with Crippen LogP contribution in [0.15, 0.2) is 48.8 Å². The lowest BCUT2D eigenvalue weighted by Gasteiger charge is -2.21. The second-order valence-electron chi connectivity index (χ2n) is 7.23. The van der Waals surface area contributed by atoms with Gasteiger partial charge in [-0.1, -0.05) is 23.7 Å². The molecule has 1 N–H and O–H groups in total. The van der Waals surface area contributed by atoms with Crippen LogP contribution in [0.25, 0.3) is 11.1 Å². The number of carbonyl (C=O) groups is 1. The van der Waals surface area contributed by atoms with Crippen molar-refractivity contribution in [1.82, 2.24) is 4.98 Å². The van der Waals surface area contributed by atoms with E-state index in [0.29, 0.717) is 11.6 Å². The molecule has 3 aromatic rings. The highest BCUT2D eigenvalue weighted by Gasteiger charge is 2.25. The number of rotatable bonds is 2. The van der Waals surface area contributed by atoms with Gasteiger partial charge in [0.05, 0.1) is 5.69 Å². The van der Waals surface area contributed by atoms with Crippen LogP contribution in [0.5, 0.6) is 0 Å². The number of pyridine rings is 1. The van der Waals surface area contributed by atoms with Crippen LogP contribution < -0.4 is 10.2 Å². The van der Waals surface area contributed by atoms with Crippen molar-refractivity contribution in [2.45, 2.75) is 27.2 Å². The van der Waals surface area contributed by atoms with Gasteiger partial charge in [-0.05, 0) is 79.3 Å². The third kappa shape index (κ3) is 3.25. The predicted octanol–water partition coefficient (Wildman–Crippen LogP) is 5.92. The number of nitrogens with zero attached hydrogens (tertiary/aromatic N) is 2. The Morgan fingerprint density at radius 1 is 1.11 bits per heavy atom. The Labute approximate surface area is 170 Å². The van der Waals surface area contributed by atoms with Gasteiger partial charge in [-0.2, -0.15) is 0 Å². The zero-order valence-corrected chi connectivity index (χ0v) is 17.0. The van der Waals surface area contributed by atoms with Gasteiger partial charge < -0.3 is 5.32 Å². The number of fused-ring (bicyclic) bond motifs is 1. The van der Waals surface area contributed by atoms with Crippen molar-refractivity contribution in [3.05, 3.63) is 76.1 Å². The monoisotopic (exact) mass is 391 g/mol. The van der Waals surface area contributed by atoms with Gasteiger partial charge in [0.1, 0.15) is 0 Å². The maximum Gasteiger partial charge on any atom is 0.326 e. The number of amides is 2. The molecule has 5 heteroatoms. The van der Waals surface area contributed by atoms with Gasteiger partial charge in [0.15, 0.2) is 0 Å². The van der Waals surface area contributed by atoms with E-state index in [1.54, 1.807) is 11.1 Å². The first-order valence-corrected chi connectivity index (χ1v) is 9.71. The van der Waals surface area contributed by atoms with Crippen molar-refractivity contribution in [2.24, 2.45) is 0 Å². The molecule has 0 atom stereocenters. The highest BCUT2D eigenvalue weighted by atomic mass is 35.5. The smallest absolute Gasteiger partial charge is 0.307 e. The van der Waals surface area contributed by atoms with Crippen LogP contribution in [0, 0.1) is 20.8 Å². The third-order valence-corrected chi connectivity index (χ3v) is 5.65. The largest absolute Gasteiger partial charge is 0.326 e. The summed E-state index contributed by atoms with van der Waals surface area (Å²) < 4.78 is 0. The average Bonchev–Trinajstić information content (AvgIpc) is 3.08. The molecule has 2 heterocycles. The zero-order chi connectivity index (χ0) is 19.8. The maximum absolute atomic E-state index is 13.0. The van der Waals surface area contributed by atoms with Crippen molar-refractivity contribution < 1.29 is 4.79 Å². The Morgan fingerprint density at radius 3 is 2.71 bits per heavy atom. The molecule has 4 nitrogen and oxygen atoms in total. The number of halogens is 1. The maximum atomic E-state index is 13.0. The lowest BCUT2D eigenvalue weighted by Crippen LogP contribution is -2.33. The number of benzene rings is 2. The highest BCUT2D eigenvalue weighted by molar-refractivity contribution is 6.31. The fraction of sp³-hybridized carbons (Fsp3) is 0.217. The van der Waals surface area contributed by atoms with Crippen LogP contribution in [0.4, 0.5) is 16.2 Å². The average molecular weight is 392 g/mol. The van der Waals surface area contributed by atoms with Crippen molar-refractivity contribution in [2.75, 3.05) is 16.8 Å².